The second-order valence-electron chi connectivity index (χ2n) is 7.58. The molecule has 0 aliphatic carbocycles. The van der Waals surface area contributed by atoms with Crippen molar-refractivity contribution in [1.29, 1.82) is 0 Å². The molecule has 2 aliphatic rings. The summed E-state index contributed by atoms with van der Waals surface area (Å²) in [5.74, 6) is 0. The number of aromatic nitrogens is 2. The van der Waals surface area contributed by atoms with E-state index in [0.29, 0.717) is 0 Å². The van der Waals surface area contributed by atoms with Gasteiger partial charge in [0.15, 0.2) is 12.5 Å². The summed E-state index contributed by atoms with van der Waals surface area (Å²) in [5.41, 5.74) is -1.71. The van der Waals surface area contributed by atoms with Gasteiger partial charge in [0.2, 0.25) is 0 Å². The van der Waals surface area contributed by atoms with E-state index in [9.17, 15) is 48.9 Å². The Bertz CT molecular complexity index is 1090. The fraction of sp³-hybridized carbons (Fsp3) is 0.733. The molecule has 0 spiro atoms. The lowest BCUT2D eigenvalue weighted by molar-refractivity contribution is -0.244. The van der Waals surface area contributed by atoms with Gasteiger partial charge in [-0.3, -0.25) is 23.4 Å². The Hall–Kier alpha value is -1.34. The number of aliphatic hydroxyl groups is 5. The molecule has 8 N–H and O–H groups in total. The molecule has 20 heteroatoms. The van der Waals surface area contributed by atoms with Gasteiger partial charge in [-0.05, 0) is 0 Å². The van der Waals surface area contributed by atoms with E-state index in [-0.39, 0.29) is 0 Å². The highest BCUT2D eigenvalue weighted by molar-refractivity contribution is 7.61. The predicted molar refractivity (Wildman–Crippen MR) is 107 cm³/mol. The molecule has 0 bridgehead atoms. The van der Waals surface area contributed by atoms with E-state index < -0.39 is 95.7 Å². The molecule has 0 aromatic carbocycles. The van der Waals surface area contributed by atoms with Gasteiger partial charge in [-0.1, -0.05) is 0 Å². The highest BCUT2D eigenvalue weighted by Crippen LogP contribution is 2.61. The highest BCUT2D eigenvalue weighted by Gasteiger charge is 2.47. The van der Waals surface area contributed by atoms with E-state index in [4.69, 9.17) is 14.6 Å². The molecule has 0 radical (unpaired) electrons. The molecule has 2 fully saturated rings. The van der Waals surface area contributed by atoms with Gasteiger partial charge in [0.1, 0.15) is 30.5 Å². The molecule has 1 aromatic heterocycles. The van der Waals surface area contributed by atoms with Crippen molar-refractivity contribution in [2.45, 2.75) is 55.6 Å². The van der Waals surface area contributed by atoms with Crippen molar-refractivity contribution in [3.63, 3.8) is 0 Å². The zero-order chi connectivity index (χ0) is 26.1. The van der Waals surface area contributed by atoms with Crippen LogP contribution in [0.3, 0.4) is 0 Å². The van der Waals surface area contributed by atoms with Gasteiger partial charge in [-0.2, -0.15) is 4.31 Å². The number of nitrogens with one attached hydrogen (secondary N) is 1. The zero-order valence-corrected chi connectivity index (χ0v) is 19.3. The van der Waals surface area contributed by atoms with E-state index >= 15 is 0 Å². The summed E-state index contributed by atoms with van der Waals surface area (Å²) >= 11 is 0. The number of aliphatic hydroxyl groups excluding tert-OH is 5. The molecule has 3 rings (SSSR count). The molecule has 200 valence electrons. The predicted octanol–water partition coefficient (Wildman–Crippen LogP) is -3.76. The smallest absolute Gasteiger partial charge is 0.394 e. The normalized spacial score (nSPS) is 37.0. The summed E-state index contributed by atoms with van der Waals surface area (Å²) in [4.78, 5) is 44.5. The number of nitrogens with zero attached hydrogens (tertiary/aromatic N) is 1. The number of hydrogen-bond acceptors (Lipinski definition) is 14. The molecule has 0 amide bonds. The maximum atomic E-state index is 12.1. The number of aromatic amines is 1. The van der Waals surface area contributed by atoms with E-state index in [0.717, 1.165) is 16.8 Å². The molecular formula is C15H24N2O16P2. The fourth-order valence-electron chi connectivity index (χ4n) is 3.32. The van der Waals surface area contributed by atoms with E-state index in [1.54, 1.807) is 0 Å². The number of hydrogen-bond donors (Lipinski definition) is 8. The van der Waals surface area contributed by atoms with Crippen LogP contribution >= 0.6 is 15.6 Å². The molecule has 2 saturated heterocycles. The van der Waals surface area contributed by atoms with Crippen LogP contribution in [-0.2, 0) is 32.0 Å². The Morgan fingerprint density at radius 3 is 2.34 bits per heavy atom. The standard InChI is InChI=1S/C15H24N2O16P2/c18-4-8-6(19)3-7(20)14(31-8)32-35(27,28)33-34(25,26)29-5-9-11(22)12(23)13(30-9)17-2-1-10(21)16-15(17)24/h1-2,6-9,11-14,18-20,22-23H,3-5H2,(H,25,26)(H,27,28)(H,16,21,24)/t6-,7-,8-,9-,11-,12-,13-,14+/m1/s1. The summed E-state index contributed by atoms with van der Waals surface area (Å²) in [6, 6.07) is 0.943. The van der Waals surface area contributed by atoms with Gasteiger partial charge in [0.05, 0.1) is 19.3 Å². The number of phosphoric acid groups is 2. The minimum Gasteiger partial charge on any atom is -0.394 e. The molecule has 3 heterocycles. The SMILES string of the molecule is O=c1ccn([C@@H]2O[C@H](COP(=O)(O)OP(=O)(O)O[C@@H]3O[C@H](CO)[C@H](O)C[C@H]3O)[C@@H](O)[C@H]2O)c(=O)[nH]1. The van der Waals surface area contributed by atoms with E-state index in [1.165, 1.54) is 0 Å². The molecule has 2 unspecified atom stereocenters. The van der Waals surface area contributed by atoms with Crippen molar-refractivity contribution in [1.82, 2.24) is 9.55 Å². The van der Waals surface area contributed by atoms with E-state index in [1.807, 2.05) is 4.98 Å². The zero-order valence-electron chi connectivity index (χ0n) is 17.5. The first kappa shape index (κ1) is 28.2. The van der Waals surface area contributed by atoms with Crippen LogP contribution in [0.5, 0.6) is 0 Å². The van der Waals surface area contributed by atoms with Crippen molar-refractivity contribution < 1.29 is 67.3 Å². The van der Waals surface area contributed by atoms with Crippen LogP contribution in [0.4, 0.5) is 0 Å². The fourth-order valence-corrected chi connectivity index (χ4v) is 5.49. The molecule has 35 heavy (non-hydrogen) atoms. The Morgan fingerprint density at radius 1 is 1.03 bits per heavy atom. The number of rotatable bonds is 9. The topological polar surface area (TPSA) is 277 Å². The van der Waals surface area contributed by atoms with Crippen LogP contribution in [-0.4, -0.2) is 101 Å². The van der Waals surface area contributed by atoms with Gasteiger partial charge >= 0.3 is 21.3 Å². The van der Waals surface area contributed by atoms with Crippen molar-refractivity contribution in [3.8, 4) is 0 Å². The van der Waals surface area contributed by atoms with Gasteiger partial charge in [-0.25, -0.2) is 13.9 Å². The maximum absolute atomic E-state index is 12.1. The maximum Gasteiger partial charge on any atom is 0.483 e. The lowest BCUT2D eigenvalue weighted by atomic mass is 10.0. The molecule has 1 aromatic rings. The Morgan fingerprint density at radius 2 is 1.71 bits per heavy atom. The third-order valence-electron chi connectivity index (χ3n) is 5.02. The second-order valence-corrected chi connectivity index (χ2v) is 10.6. The first-order chi connectivity index (χ1) is 16.2. The molecule has 0 saturated carbocycles. The van der Waals surface area contributed by atoms with Crippen LogP contribution in [0, 0.1) is 0 Å². The van der Waals surface area contributed by atoms with Gasteiger partial charge < -0.3 is 44.8 Å². The summed E-state index contributed by atoms with van der Waals surface area (Å²) in [7, 11) is -10.9. The number of ether oxygens (including phenoxy) is 2. The summed E-state index contributed by atoms with van der Waals surface area (Å²) in [5, 5.41) is 48.8. The lowest BCUT2D eigenvalue weighted by Crippen LogP contribution is -2.49. The van der Waals surface area contributed by atoms with Crippen LogP contribution in [0.2, 0.25) is 0 Å². The lowest BCUT2D eigenvalue weighted by Gasteiger charge is -2.36. The van der Waals surface area contributed by atoms with Crippen LogP contribution in [0.25, 0.3) is 0 Å². The third-order valence-corrected chi connectivity index (χ3v) is 7.62. The Balaban J connectivity index is 1.60. The van der Waals surface area contributed by atoms with Crippen LogP contribution in [0.15, 0.2) is 21.9 Å². The largest absolute Gasteiger partial charge is 0.483 e. The average Bonchev–Trinajstić information content (AvgIpc) is 3.02. The number of H-pyrrole nitrogens is 1. The van der Waals surface area contributed by atoms with Crippen molar-refractivity contribution in [2.75, 3.05) is 13.2 Å². The van der Waals surface area contributed by atoms with Gasteiger partial charge in [0, 0.05) is 18.7 Å². The van der Waals surface area contributed by atoms with Crippen molar-refractivity contribution in [3.05, 3.63) is 33.1 Å². The summed E-state index contributed by atoms with van der Waals surface area (Å²) < 4.78 is 48.3. The van der Waals surface area contributed by atoms with Gasteiger partial charge in [0.25, 0.3) is 5.56 Å². The average molecular weight is 550 g/mol. The molecular weight excluding hydrogens is 526 g/mol. The van der Waals surface area contributed by atoms with Crippen molar-refractivity contribution >= 4 is 15.6 Å². The third kappa shape index (κ3) is 6.91. The summed E-state index contributed by atoms with van der Waals surface area (Å²) in [6.07, 6.45) is -12.2. The monoisotopic (exact) mass is 550 g/mol. The van der Waals surface area contributed by atoms with E-state index in [2.05, 4.69) is 13.4 Å². The highest BCUT2D eigenvalue weighted by atomic mass is 31.3. The van der Waals surface area contributed by atoms with Gasteiger partial charge in [-0.15, -0.1) is 0 Å². The quantitative estimate of drug-likeness (QED) is 0.137. The molecule has 10 atom stereocenters. The minimum atomic E-state index is -5.45. The molecule has 18 nitrogen and oxygen atoms in total. The van der Waals surface area contributed by atoms with Crippen LogP contribution < -0.4 is 11.2 Å². The first-order valence-corrected chi connectivity index (χ1v) is 12.9. The summed E-state index contributed by atoms with van der Waals surface area (Å²) in [6.45, 7) is -1.71. The molecule has 2 aliphatic heterocycles. The van der Waals surface area contributed by atoms with Crippen LogP contribution in [0.1, 0.15) is 12.6 Å². The minimum absolute atomic E-state index is 0.415. The number of phosphoric ester groups is 2. The second kappa shape index (κ2) is 11.0. The Labute approximate surface area is 195 Å². The first-order valence-electron chi connectivity index (χ1n) is 9.88. The Kier molecular flexibility index (Phi) is 8.84. The van der Waals surface area contributed by atoms with Crippen molar-refractivity contribution in [2.24, 2.45) is 0 Å².